The average molecular weight is 285 g/mol. The van der Waals surface area contributed by atoms with Gasteiger partial charge in [0.1, 0.15) is 0 Å². The molecule has 0 bridgehead atoms. The predicted octanol–water partition coefficient (Wildman–Crippen LogP) is 2.58. The van der Waals surface area contributed by atoms with Crippen molar-refractivity contribution >= 4 is 0 Å². The maximum Gasteiger partial charge on any atom is 0.278 e. The standard InChI is InChI=1S/C14H15N5O2/c1-9(2)19-7-5-11(17-19)14-16-13(18-21-14)10-4-6-15-12(8-10)20-3/h4-9H,1-3H3. The summed E-state index contributed by atoms with van der Waals surface area (Å²) in [6.45, 7) is 4.11. The van der Waals surface area contributed by atoms with Crippen molar-refractivity contribution in [3.63, 3.8) is 0 Å². The van der Waals surface area contributed by atoms with E-state index in [0.29, 0.717) is 23.3 Å². The van der Waals surface area contributed by atoms with Gasteiger partial charge in [0, 0.05) is 30.1 Å². The van der Waals surface area contributed by atoms with Gasteiger partial charge in [-0.2, -0.15) is 10.1 Å². The predicted molar refractivity (Wildman–Crippen MR) is 75.7 cm³/mol. The molecule has 108 valence electrons. The minimum Gasteiger partial charge on any atom is -0.481 e. The van der Waals surface area contributed by atoms with Crippen LogP contribution in [0.15, 0.2) is 35.1 Å². The van der Waals surface area contributed by atoms with Crippen molar-refractivity contribution in [2.24, 2.45) is 0 Å². The summed E-state index contributed by atoms with van der Waals surface area (Å²) < 4.78 is 12.2. The topological polar surface area (TPSA) is 78.9 Å². The summed E-state index contributed by atoms with van der Waals surface area (Å²) >= 11 is 0. The molecule has 7 nitrogen and oxygen atoms in total. The molecule has 0 unspecified atom stereocenters. The van der Waals surface area contributed by atoms with Crippen LogP contribution in [0.3, 0.4) is 0 Å². The quantitative estimate of drug-likeness (QED) is 0.733. The molecule has 0 amide bonds. The zero-order chi connectivity index (χ0) is 14.8. The Kier molecular flexibility index (Phi) is 3.39. The Morgan fingerprint density at radius 2 is 2.14 bits per heavy atom. The second-order valence-corrected chi connectivity index (χ2v) is 4.78. The van der Waals surface area contributed by atoms with E-state index in [9.17, 15) is 0 Å². The third-order valence-electron chi connectivity index (χ3n) is 2.98. The lowest BCUT2D eigenvalue weighted by molar-refractivity contribution is 0.398. The number of nitrogens with zero attached hydrogens (tertiary/aromatic N) is 5. The van der Waals surface area contributed by atoms with Crippen molar-refractivity contribution in [1.29, 1.82) is 0 Å². The zero-order valence-corrected chi connectivity index (χ0v) is 12.0. The fourth-order valence-corrected chi connectivity index (χ4v) is 1.84. The van der Waals surface area contributed by atoms with Crippen LogP contribution in [0, 0.1) is 0 Å². The van der Waals surface area contributed by atoms with E-state index in [4.69, 9.17) is 9.26 Å². The molecule has 0 fully saturated rings. The summed E-state index contributed by atoms with van der Waals surface area (Å²) in [7, 11) is 1.56. The first-order valence-electron chi connectivity index (χ1n) is 6.57. The maximum absolute atomic E-state index is 5.27. The Balaban J connectivity index is 1.91. The van der Waals surface area contributed by atoms with Crippen LogP contribution in [-0.2, 0) is 0 Å². The first kappa shape index (κ1) is 13.3. The SMILES string of the molecule is COc1cc(-c2noc(-c3ccn(C(C)C)n3)n2)ccn1. The van der Waals surface area contributed by atoms with E-state index in [1.165, 1.54) is 0 Å². The van der Waals surface area contributed by atoms with Crippen LogP contribution in [0.5, 0.6) is 5.88 Å². The third-order valence-corrected chi connectivity index (χ3v) is 2.98. The number of rotatable bonds is 4. The monoisotopic (exact) mass is 285 g/mol. The summed E-state index contributed by atoms with van der Waals surface area (Å²) in [5.74, 6) is 1.37. The Morgan fingerprint density at radius 3 is 2.86 bits per heavy atom. The highest BCUT2D eigenvalue weighted by Crippen LogP contribution is 2.23. The lowest BCUT2D eigenvalue weighted by Crippen LogP contribution is -2.00. The van der Waals surface area contributed by atoms with Crippen LogP contribution in [0.4, 0.5) is 0 Å². The van der Waals surface area contributed by atoms with Crippen molar-refractivity contribution in [3.05, 3.63) is 30.6 Å². The van der Waals surface area contributed by atoms with Crippen molar-refractivity contribution in [2.75, 3.05) is 7.11 Å². The first-order valence-corrected chi connectivity index (χ1v) is 6.57. The van der Waals surface area contributed by atoms with Gasteiger partial charge in [-0.1, -0.05) is 5.16 Å². The number of ether oxygens (including phenoxy) is 1. The van der Waals surface area contributed by atoms with Crippen LogP contribution in [0.2, 0.25) is 0 Å². The molecule has 0 aromatic carbocycles. The fourth-order valence-electron chi connectivity index (χ4n) is 1.84. The second kappa shape index (κ2) is 5.35. The largest absolute Gasteiger partial charge is 0.481 e. The maximum atomic E-state index is 5.27. The van der Waals surface area contributed by atoms with E-state index in [1.54, 1.807) is 25.4 Å². The molecule has 3 aromatic heterocycles. The van der Waals surface area contributed by atoms with Crippen molar-refractivity contribution in [2.45, 2.75) is 19.9 Å². The van der Waals surface area contributed by atoms with Crippen LogP contribution in [0.1, 0.15) is 19.9 Å². The van der Waals surface area contributed by atoms with Gasteiger partial charge in [0.05, 0.1) is 7.11 Å². The van der Waals surface area contributed by atoms with E-state index < -0.39 is 0 Å². The van der Waals surface area contributed by atoms with Crippen LogP contribution in [-0.4, -0.2) is 32.0 Å². The lowest BCUT2D eigenvalue weighted by atomic mass is 10.2. The van der Waals surface area contributed by atoms with Gasteiger partial charge in [-0.15, -0.1) is 0 Å². The molecule has 3 heterocycles. The molecule has 3 aromatic rings. The van der Waals surface area contributed by atoms with Crippen molar-refractivity contribution in [3.8, 4) is 28.9 Å². The highest BCUT2D eigenvalue weighted by atomic mass is 16.5. The molecule has 0 atom stereocenters. The summed E-state index contributed by atoms with van der Waals surface area (Å²) in [5, 5.41) is 8.38. The molecule has 0 saturated heterocycles. The molecular weight excluding hydrogens is 270 g/mol. The number of aromatic nitrogens is 5. The molecule has 0 saturated carbocycles. The highest BCUT2D eigenvalue weighted by Gasteiger charge is 2.14. The van der Waals surface area contributed by atoms with E-state index >= 15 is 0 Å². The second-order valence-electron chi connectivity index (χ2n) is 4.78. The molecule has 21 heavy (non-hydrogen) atoms. The van der Waals surface area contributed by atoms with Gasteiger partial charge in [-0.05, 0) is 26.0 Å². The van der Waals surface area contributed by atoms with Crippen molar-refractivity contribution < 1.29 is 9.26 Å². The normalized spacial score (nSPS) is 11.0. The number of methoxy groups -OCH3 is 1. The minimum absolute atomic E-state index is 0.283. The van der Waals surface area contributed by atoms with Crippen LogP contribution in [0.25, 0.3) is 23.0 Å². The Morgan fingerprint density at radius 1 is 1.29 bits per heavy atom. The van der Waals surface area contributed by atoms with Gasteiger partial charge in [-0.25, -0.2) is 4.98 Å². The minimum atomic E-state index is 0.283. The number of hydrogen-bond donors (Lipinski definition) is 0. The molecule has 7 heteroatoms. The van der Waals surface area contributed by atoms with Gasteiger partial charge >= 0.3 is 0 Å². The fraction of sp³-hybridized carbons (Fsp3) is 0.286. The molecule has 0 spiro atoms. The first-order chi connectivity index (χ1) is 10.2. The molecule has 3 rings (SSSR count). The number of pyridine rings is 1. The Labute approximate surface area is 121 Å². The van der Waals surface area contributed by atoms with Gasteiger partial charge in [0.25, 0.3) is 5.89 Å². The van der Waals surface area contributed by atoms with Gasteiger partial charge in [-0.3, -0.25) is 4.68 Å². The summed E-state index contributed by atoms with van der Waals surface area (Å²) in [4.78, 5) is 8.41. The molecule has 0 aliphatic carbocycles. The zero-order valence-electron chi connectivity index (χ0n) is 12.0. The smallest absolute Gasteiger partial charge is 0.278 e. The molecular formula is C14H15N5O2. The van der Waals surface area contributed by atoms with Gasteiger partial charge < -0.3 is 9.26 Å². The van der Waals surface area contributed by atoms with E-state index in [-0.39, 0.29) is 6.04 Å². The highest BCUT2D eigenvalue weighted by molar-refractivity contribution is 5.58. The average Bonchev–Trinajstić information content (AvgIpc) is 3.16. The van der Waals surface area contributed by atoms with Gasteiger partial charge in [0.2, 0.25) is 11.7 Å². The van der Waals surface area contributed by atoms with E-state index in [2.05, 4.69) is 34.1 Å². The molecule has 0 radical (unpaired) electrons. The van der Waals surface area contributed by atoms with Crippen molar-refractivity contribution in [1.82, 2.24) is 24.9 Å². The van der Waals surface area contributed by atoms with Crippen LogP contribution >= 0.6 is 0 Å². The number of hydrogen-bond acceptors (Lipinski definition) is 6. The van der Waals surface area contributed by atoms with Gasteiger partial charge in [0.15, 0.2) is 5.69 Å². The van der Waals surface area contributed by atoms with E-state index in [0.717, 1.165) is 5.56 Å². The third kappa shape index (κ3) is 2.62. The van der Waals surface area contributed by atoms with E-state index in [1.807, 2.05) is 16.9 Å². The Hall–Kier alpha value is -2.70. The summed E-state index contributed by atoms with van der Waals surface area (Å²) in [6, 6.07) is 5.68. The summed E-state index contributed by atoms with van der Waals surface area (Å²) in [5.41, 5.74) is 1.43. The molecule has 0 aliphatic rings. The summed E-state index contributed by atoms with van der Waals surface area (Å²) in [6.07, 6.45) is 3.52. The Bertz CT molecular complexity index is 747. The van der Waals surface area contributed by atoms with Crippen LogP contribution < -0.4 is 4.74 Å². The molecule has 0 aliphatic heterocycles. The molecule has 0 N–H and O–H groups in total. The lowest BCUT2D eigenvalue weighted by Gasteiger charge is -2.02.